The summed E-state index contributed by atoms with van der Waals surface area (Å²) in [7, 11) is 0. The lowest BCUT2D eigenvalue weighted by molar-refractivity contribution is -0.132. The molecule has 11 heteroatoms. The van der Waals surface area contributed by atoms with Crippen LogP contribution in [0, 0.1) is 0 Å². The number of fused-ring (bicyclic) bond motifs is 2. The molecule has 0 saturated carbocycles. The molecule has 0 spiro atoms. The first kappa shape index (κ1) is 31.6. The number of nitrogens with zero attached hydrogens (tertiary/aromatic N) is 3. The number of ether oxygens (including phenoxy) is 3. The van der Waals surface area contributed by atoms with Crippen LogP contribution in [0.25, 0.3) is 16.5 Å². The van der Waals surface area contributed by atoms with Gasteiger partial charge in [0.15, 0.2) is 15.8 Å². The van der Waals surface area contributed by atoms with Gasteiger partial charge < -0.3 is 19.3 Å². The van der Waals surface area contributed by atoms with Gasteiger partial charge in [0.05, 0.1) is 11.6 Å². The molecular weight excluding hydrogens is 671 g/mol. The van der Waals surface area contributed by atoms with Crippen LogP contribution in [0.2, 0.25) is 0 Å². The number of amides is 1. The van der Waals surface area contributed by atoms with Crippen molar-refractivity contribution in [3.63, 3.8) is 0 Å². The van der Waals surface area contributed by atoms with E-state index >= 15 is 0 Å². The summed E-state index contributed by atoms with van der Waals surface area (Å²) in [5, 5.41) is 23.1. The van der Waals surface area contributed by atoms with Gasteiger partial charge in [0.1, 0.15) is 31.3 Å². The Hall–Kier alpha value is -5.65. The van der Waals surface area contributed by atoms with Crippen LogP contribution in [-0.2, 0) is 21.9 Å². The van der Waals surface area contributed by atoms with E-state index in [1.54, 1.807) is 36.4 Å². The predicted octanol–water partition coefficient (Wildman–Crippen LogP) is 7.96. The van der Waals surface area contributed by atoms with Crippen LogP contribution in [0.5, 0.6) is 17.2 Å². The average molecular weight is 700 g/mol. The molecule has 5 aromatic carbocycles. The van der Waals surface area contributed by atoms with E-state index in [0.29, 0.717) is 58.3 Å². The Kier molecular flexibility index (Phi) is 8.66. The first-order valence-corrected chi connectivity index (χ1v) is 17.7. The lowest BCUT2D eigenvalue weighted by Crippen LogP contribution is -2.29. The van der Waals surface area contributed by atoms with E-state index < -0.39 is 17.7 Å². The Morgan fingerprint density at radius 2 is 1.64 bits per heavy atom. The van der Waals surface area contributed by atoms with Crippen molar-refractivity contribution in [1.82, 2.24) is 10.2 Å². The maximum Gasteiger partial charge on any atom is 0.301 e. The number of benzene rings is 5. The molecule has 0 bridgehead atoms. The predicted molar refractivity (Wildman–Crippen MR) is 193 cm³/mol. The fraction of sp³-hybridized carbons (Fsp3) is 0.128. The number of aromatic nitrogens is 2. The third-order valence-corrected chi connectivity index (χ3v) is 10.6. The number of anilines is 1. The Bertz CT molecular complexity index is 2270. The molecule has 0 aliphatic carbocycles. The lowest BCUT2D eigenvalue weighted by atomic mass is 9.95. The number of Topliss-reactive ketones (excluding diaryl/α,β-unsaturated/α-hetero) is 1. The molecule has 8 rings (SSSR count). The smallest absolute Gasteiger partial charge is 0.301 e. The van der Waals surface area contributed by atoms with Gasteiger partial charge in [-0.1, -0.05) is 108 Å². The van der Waals surface area contributed by atoms with Crippen molar-refractivity contribution < 1.29 is 28.9 Å². The SMILES string of the molecule is O=C1C(=O)N(c2nnc(SCc3cccc4ccccc34)s2)[C@@H](c2cccc(OCc3ccccc3)c2)/C1=C(\O)c1ccc2c(c1)OCCO2. The van der Waals surface area contributed by atoms with Crippen LogP contribution in [0.15, 0.2) is 125 Å². The van der Waals surface area contributed by atoms with Crippen LogP contribution in [0.3, 0.4) is 0 Å². The normalized spacial score (nSPS) is 16.6. The molecule has 2 aliphatic heterocycles. The van der Waals surface area contributed by atoms with E-state index in [9.17, 15) is 14.7 Å². The van der Waals surface area contributed by atoms with Crippen molar-refractivity contribution in [1.29, 1.82) is 0 Å². The number of thioether (sulfide) groups is 1. The summed E-state index contributed by atoms with van der Waals surface area (Å²) in [5.41, 5.74) is 2.94. The zero-order valence-electron chi connectivity index (χ0n) is 26.5. The highest BCUT2D eigenvalue weighted by molar-refractivity contribution is 8.00. The van der Waals surface area contributed by atoms with Crippen LogP contribution in [-0.4, -0.2) is 40.2 Å². The molecule has 0 radical (unpaired) electrons. The van der Waals surface area contributed by atoms with Crippen molar-refractivity contribution in [3.8, 4) is 17.2 Å². The molecule has 1 saturated heterocycles. The molecule has 1 amide bonds. The molecule has 6 aromatic rings. The van der Waals surface area contributed by atoms with Crippen molar-refractivity contribution in [2.45, 2.75) is 22.7 Å². The van der Waals surface area contributed by atoms with Crippen molar-refractivity contribution >= 4 is 56.5 Å². The van der Waals surface area contributed by atoms with Crippen LogP contribution in [0.1, 0.15) is 28.3 Å². The first-order chi connectivity index (χ1) is 24.5. The minimum absolute atomic E-state index is 0.0768. The van der Waals surface area contributed by atoms with Crippen LogP contribution < -0.4 is 19.1 Å². The summed E-state index contributed by atoms with van der Waals surface area (Å²) >= 11 is 2.73. The monoisotopic (exact) mass is 699 g/mol. The zero-order chi connectivity index (χ0) is 34.0. The highest BCUT2D eigenvalue weighted by atomic mass is 32.2. The molecular formula is C39H29N3O6S2. The standard InChI is InChI=1S/C39H29N3O6S2/c43-35(27-16-17-31-32(21-27)47-19-18-46-31)33-34(26-12-7-14-29(20-26)48-22-24-8-2-1-3-9-24)42(37(45)36(33)44)38-40-41-39(50-38)49-23-28-13-6-11-25-10-4-5-15-30(25)28/h1-17,20-21,34,43H,18-19,22-23H2/b35-33+/t34-/m0/s1. The third kappa shape index (κ3) is 6.17. The topological polar surface area (TPSA) is 111 Å². The Labute approximate surface area is 295 Å². The van der Waals surface area contributed by atoms with E-state index in [2.05, 4.69) is 34.5 Å². The maximum atomic E-state index is 13.9. The van der Waals surface area contributed by atoms with E-state index in [4.69, 9.17) is 14.2 Å². The summed E-state index contributed by atoms with van der Waals surface area (Å²) in [6.07, 6.45) is 0. The third-order valence-electron chi connectivity index (χ3n) is 8.52. The molecule has 248 valence electrons. The van der Waals surface area contributed by atoms with Gasteiger partial charge in [0.2, 0.25) is 5.13 Å². The fourth-order valence-corrected chi connectivity index (χ4v) is 7.99. The molecule has 1 fully saturated rings. The average Bonchev–Trinajstić information content (AvgIpc) is 3.74. The van der Waals surface area contributed by atoms with E-state index in [1.807, 2.05) is 54.6 Å². The molecule has 50 heavy (non-hydrogen) atoms. The van der Waals surface area contributed by atoms with E-state index in [1.165, 1.54) is 28.0 Å². The minimum atomic E-state index is -1.01. The fourth-order valence-electron chi connectivity index (χ4n) is 6.12. The number of ketones is 1. The Morgan fingerprint density at radius 1 is 0.860 bits per heavy atom. The molecule has 1 atom stereocenters. The first-order valence-electron chi connectivity index (χ1n) is 15.9. The summed E-state index contributed by atoms with van der Waals surface area (Å²) in [5.74, 6) is 0.182. The quantitative estimate of drug-likeness (QED) is 0.0528. The van der Waals surface area contributed by atoms with Gasteiger partial charge in [0.25, 0.3) is 5.78 Å². The Balaban J connectivity index is 1.15. The second-order valence-corrected chi connectivity index (χ2v) is 13.8. The van der Waals surface area contributed by atoms with Gasteiger partial charge in [-0.25, -0.2) is 0 Å². The number of rotatable bonds is 9. The number of carbonyl (C=O) groups excluding carboxylic acids is 2. The largest absolute Gasteiger partial charge is 0.507 e. The van der Waals surface area contributed by atoms with Gasteiger partial charge in [-0.3, -0.25) is 14.5 Å². The van der Waals surface area contributed by atoms with Crippen LogP contribution >= 0.6 is 23.1 Å². The highest BCUT2D eigenvalue weighted by Crippen LogP contribution is 2.45. The van der Waals surface area contributed by atoms with Crippen LogP contribution in [0.4, 0.5) is 5.13 Å². The molecule has 2 aliphatic rings. The van der Waals surface area contributed by atoms with Gasteiger partial charge in [-0.15, -0.1) is 10.2 Å². The number of aliphatic hydroxyl groups excluding tert-OH is 1. The van der Waals surface area contributed by atoms with Gasteiger partial charge in [0, 0.05) is 11.3 Å². The van der Waals surface area contributed by atoms with Gasteiger partial charge >= 0.3 is 5.91 Å². The van der Waals surface area contributed by atoms with E-state index in [0.717, 1.165) is 21.9 Å². The number of carbonyl (C=O) groups is 2. The molecule has 1 N–H and O–H groups in total. The van der Waals surface area contributed by atoms with Crippen molar-refractivity contribution in [2.24, 2.45) is 0 Å². The summed E-state index contributed by atoms with van der Waals surface area (Å²) < 4.78 is 18.1. The summed E-state index contributed by atoms with van der Waals surface area (Å²) in [6.45, 7) is 1.10. The lowest BCUT2D eigenvalue weighted by Gasteiger charge is -2.23. The molecule has 3 heterocycles. The maximum absolute atomic E-state index is 13.9. The summed E-state index contributed by atoms with van der Waals surface area (Å²) in [4.78, 5) is 29.1. The van der Waals surface area contributed by atoms with E-state index in [-0.39, 0.29) is 16.5 Å². The number of hydrogen-bond donors (Lipinski definition) is 1. The minimum Gasteiger partial charge on any atom is -0.507 e. The van der Waals surface area contributed by atoms with Gasteiger partial charge in [-0.05, 0) is 57.8 Å². The zero-order valence-corrected chi connectivity index (χ0v) is 28.2. The van der Waals surface area contributed by atoms with Crippen molar-refractivity contribution in [3.05, 3.63) is 143 Å². The molecule has 1 aromatic heterocycles. The molecule has 0 unspecified atom stereocenters. The van der Waals surface area contributed by atoms with Crippen molar-refractivity contribution in [2.75, 3.05) is 18.1 Å². The number of hydrogen-bond acceptors (Lipinski definition) is 10. The Morgan fingerprint density at radius 3 is 2.52 bits per heavy atom. The second-order valence-electron chi connectivity index (χ2n) is 11.7. The highest BCUT2D eigenvalue weighted by Gasteiger charge is 2.48. The molecule has 9 nitrogen and oxygen atoms in total. The van der Waals surface area contributed by atoms with Gasteiger partial charge in [-0.2, -0.15) is 0 Å². The number of aliphatic hydroxyl groups is 1. The summed E-state index contributed by atoms with van der Waals surface area (Å²) in [6, 6.07) is 35.3. The second kappa shape index (κ2) is 13.7.